The lowest BCUT2D eigenvalue weighted by Gasteiger charge is -2.42. The fraction of sp³-hybridized carbons (Fsp3) is 0.625. The first kappa shape index (κ1) is 14.5. The van der Waals surface area contributed by atoms with E-state index in [-0.39, 0.29) is 0 Å². The smallest absolute Gasteiger partial charge is 0.0898 e. The Morgan fingerprint density at radius 2 is 2.05 bits per heavy atom. The zero-order chi connectivity index (χ0) is 13.6. The Morgan fingerprint density at radius 1 is 1.32 bits per heavy atom. The van der Waals surface area contributed by atoms with E-state index < -0.39 is 6.10 Å². The number of β-amino-alcohol motifs (C(OH)–C–C–N with tert-alkyl or cyclic N) is 1. The minimum atomic E-state index is -0.423. The number of ether oxygens (including phenoxy) is 1. The molecule has 1 saturated carbocycles. The van der Waals surface area contributed by atoms with Crippen LogP contribution in [-0.2, 0) is 11.3 Å². The first-order valence-electron chi connectivity index (χ1n) is 7.29. The van der Waals surface area contributed by atoms with Gasteiger partial charge in [0.1, 0.15) is 0 Å². The van der Waals surface area contributed by atoms with Gasteiger partial charge >= 0.3 is 0 Å². The van der Waals surface area contributed by atoms with Gasteiger partial charge in [-0.3, -0.25) is 0 Å². The maximum absolute atomic E-state index is 9.92. The van der Waals surface area contributed by atoms with Crippen LogP contribution in [0.15, 0.2) is 30.3 Å². The molecule has 1 aromatic rings. The van der Waals surface area contributed by atoms with E-state index in [4.69, 9.17) is 4.74 Å². The molecule has 1 atom stereocenters. The molecule has 0 aromatic heterocycles. The number of rotatable bonds is 8. The van der Waals surface area contributed by atoms with E-state index in [1.807, 2.05) is 30.3 Å². The summed E-state index contributed by atoms with van der Waals surface area (Å²) >= 11 is 0. The average molecular weight is 263 g/mol. The van der Waals surface area contributed by atoms with Crippen molar-refractivity contribution in [1.82, 2.24) is 5.32 Å². The highest BCUT2D eigenvalue weighted by atomic mass is 16.5. The third kappa shape index (κ3) is 4.30. The van der Waals surface area contributed by atoms with Crippen LogP contribution < -0.4 is 5.32 Å². The van der Waals surface area contributed by atoms with Crippen LogP contribution in [0.5, 0.6) is 0 Å². The molecule has 106 valence electrons. The van der Waals surface area contributed by atoms with Crippen molar-refractivity contribution in [3.63, 3.8) is 0 Å². The lowest BCUT2D eigenvalue weighted by Crippen LogP contribution is -2.53. The van der Waals surface area contributed by atoms with E-state index in [1.54, 1.807) is 0 Å². The Kier molecular flexibility index (Phi) is 5.37. The molecule has 2 rings (SSSR count). The molecular weight excluding hydrogens is 238 g/mol. The van der Waals surface area contributed by atoms with Gasteiger partial charge in [-0.25, -0.2) is 0 Å². The molecular formula is C16H25NO2. The van der Waals surface area contributed by atoms with E-state index in [9.17, 15) is 5.11 Å². The monoisotopic (exact) mass is 263 g/mol. The van der Waals surface area contributed by atoms with Gasteiger partial charge in [0.25, 0.3) is 0 Å². The first-order chi connectivity index (χ1) is 9.24. The molecule has 0 aliphatic heterocycles. The summed E-state index contributed by atoms with van der Waals surface area (Å²) in [6.45, 7) is 3.80. The van der Waals surface area contributed by atoms with E-state index >= 15 is 0 Å². The highest BCUT2D eigenvalue weighted by molar-refractivity contribution is 5.13. The van der Waals surface area contributed by atoms with Crippen molar-refractivity contribution in [2.24, 2.45) is 0 Å². The Hall–Kier alpha value is -0.900. The summed E-state index contributed by atoms with van der Waals surface area (Å²) in [4.78, 5) is 0. The van der Waals surface area contributed by atoms with Gasteiger partial charge in [-0.05, 0) is 31.2 Å². The van der Waals surface area contributed by atoms with Gasteiger partial charge in [0.15, 0.2) is 0 Å². The molecule has 1 aromatic carbocycles. The lowest BCUT2D eigenvalue weighted by molar-refractivity contribution is 0.0202. The molecule has 0 spiro atoms. The minimum Gasteiger partial charge on any atom is -0.389 e. The summed E-state index contributed by atoms with van der Waals surface area (Å²) in [6, 6.07) is 10.1. The largest absolute Gasteiger partial charge is 0.389 e. The van der Waals surface area contributed by atoms with Crippen molar-refractivity contribution >= 4 is 0 Å². The third-order valence-corrected chi connectivity index (χ3v) is 4.12. The van der Waals surface area contributed by atoms with E-state index in [1.165, 1.54) is 19.3 Å². The second-order valence-corrected chi connectivity index (χ2v) is 5.52. The number of aliphatic hydroxyl groups is 1. The van der Waals surface area contributed by atoms with Crippen molar-refractivity contribution in [3.05, 3.63) is 35.9 Å². The number of hydrogen-bond donors (Lipinski definition) is 2. The average Bonchev–Trinajstić information content (AvgIpc) is 2.39. The minimum absolute atomic E-state index is 0.292. The lowest BCUT2D eigenvalue weighted by atomic mass is 9.75. The van der Waals surface area contributed by atoms with Crippen LogP contribution in [0, 0.1) is 0 Å². The zero-order valence-corrected chi connectivity index (χ0v) is 11.8. The second kappa shape index (κ2) is 7.04. The molecule has 0 radical (unpaired) electrons. The van der Waals surface area contributed by atoms with E-state index in [0.717, 1.165) is 12.0 Å². The number of aliphatic hydroxyl groups excluding tert-OH is 1. The predicted octanol–water partition coefficient (Wildman–Crippen LogP) is 2.49. The highest BCUT2D eigenvalue weighted by Gasteiger charge is 2.34. The second-order valence-electron chi connectivity index (χ2n) is 5.52. The van der Waals surface area contributed by atoms with Gasteiger partial charge < -0.3 is 15.2 Å². The normalized spacial score (nSPS) is 18.8. The van der Waals surface area contributed by atoms with Crippen molar-refractivity contribution in [2.75, 3.05) is 13.2 Å². The third-order valence-electron chi connectivity index (χ3n) is 4.12. The van der Waals surface area contributed by atoms with E-state index in [0.29, 0.717) is 25.3 Å². The molecule has 0 saturated heterocycles. The molecule has 1 aliphatic carbocycles. The van der Waals surface area contributed by atoms with Crippen LogP contribution in [0.2, 0.25) is 0 Å². The van der Waals surface area contributed by atoms with Crippen LogP contribution in [-0.4, -0.2) is 29.9 Å². The van der Waals surface area contributed by atoms with Crippen LogP contribution in [0.3, 0.4) is 0 Å². The number of benzene rings is 1. The van der Waals surface area contributed by atoms with E-state index in [2.05, 4.69) is 12.2 Å². The summed E-state index contributed by atoms with van der Waals surface area (Å²) in [5, 5.41) is 13.4. The molecule has 3 nitrogen and oxygen atoms in total. The van der Waals surface area contributed by atoms with Gasteiger partial charge in [-0.1, -0.05) is 37.3 Å². The van der Waals surface area contributed by atoms with Gasteiger partial charge in [0.05, 0.1) is 19.3 Å². The van der Waals surface area contributed by atoms with Crippen LogP contribution in [0.4, 0.5) is 0 Å². The SMILES string of the molecule is CCC1(NCC(O)COCc2ccccc2)CCC1. The molecule has 0 amide bonds. The van der Waals surface area contributed by atoms with Gasteiger partial charge in [0.2, 0.25) is 0 Å². The maximum atomic E-state index is 9.92. The summed E-state index contributed by atoms with van der Waals surface area (Å²) in [6.07, 6.45) is 4.50. The Morgan fingerprint density at radius 3 is 2.63 bits per heavy atom. The number of hydrogen-bond acceptors (Lipinski definition) is 3. The van der Waals surface area contributed by atoms with Gasteiger partial charge in [-0.15, -0.1) is 0 Å². The standard InChI is InChI=1S/C16H25NO2/c1-2-16(9-6-10-16)17-11-15(18)13-19-12-14-7-4-3-5-8-14/h3-5,7-8,15,17-18H,2,6,9-13H2,1H3. The maximum Gasteiger partial charge on any atom is 0.0898 e. The zero-order valence-electron chi connectivity index (χ0n) is 11.8. The molecule has 1 fully saturated rings. The summed E-state index contributed by atoms with van der Waals surface area (Å²) < 4.78 is 5.54. The van der Waals surface area contributed by atoms with Crippen molar-refractivity contribution < 1.29 is 9.84 Å². The fourth-order valence-corrected chi connectivity index (χ4v) is 2.54. The highest BCUT2D eigenvalue weighted by Crippen LogP contribution is 2.34. The first-order valence-corrected chi connectivity index (χ1v) is 7.29. The topological polar surface area (TPSA) is 41.5 Å². The van der Waals surface area contributed by atoms with Crippen LogP contribution in [0.1, 0.15) is 38.2 Å². The molecule has 2 N–H and O–H groups in total. The molecule has 19 heavy (non-hydrogen) atoms. The molecule has 3 heteroatoms. The Balaban J connectivity index is 1.61. The van der Waals surface area contributed by atoms with Gasteiger partial charge in [-0.2, -0.15) is 0 Å². The van der Waals surface area contributed by atoms with Crippen molar-refractivity contribution in [2.45, 2.75) is 50.9 Å². The van der Waals surface area contributed by atoms with Crippen LogP contribution in [0.25, 0.3) is 0 Å². The van der Waals surface area contributed by atoms with Crippen molar-refractivity contribution in [1.29, 1.82) is 0 Å². The summed E-state index contributed by atoms with van der Waals surface area (Å²) in [7, 11) is 0. The molecule has 0 heterocycles. The number of nitrogens with one attached hydrogen (secondary N) is 1. The van der Waals surface area contributed by atoms with Gasteiger partial charge in [0, 0.05) is 12.1 Å². The quantitative estimate of drug-likeness (QED) is 0.757. The Bertz CT molecular complexity index is 357. The molecule has 0 bridgehead atoms. The fourth-order valence-electron chi connectivity index (χ4n) is 2.54. The van der Waals surface area contributed by atoms with Crippen molar-refractivity contribution in [3.8, 4) is 0 Å². The molecule has 1 aliphatic rings. The summed E-state index contributed by atoms with van der Waals surface area (Å²) in [5.74, 6) is 0. The molecule has 1 unspecified atom stereocenters. The predicted molar refractivity (Wildman–Crippen MR) is 77.0 cm³/mol. The summed E-state index contributed by atoms with van der Waals surface area (Å²) in [5.41, 5.74) is 1.44. The Labute approximate surface area is 116 Å². The van der Waals surface area contributed by atoms with Crippen LogP contribution >= 0.6 is 0 Å².